The Hall–Kier alpha value is -1.62. The van der Waals surface area contributed by atoms with Gasteiger partial charge in [-0.25, -0.2) is 4.79 Å². The summed E-state index contributed by atoms with van der Waals surface area (Å²) in [5.41, 5.74) is 2.20. The molecule has 5 heteroatoms. The van der Waals surface area contributed by atoms with E-state index in [1.165, 1.54) is 6.92 Å². The number of ether oxygens (including phenoxy) is 3. The van der Waals surface area contributed by atoms with Crippen molar-refractivity contribution < 1.29 is 23.8 Å². The molecule has 0 aromatic heterocycles. The third kappa shape index (κ3) is 1.12. The first-order chi connectivity index (χ1) is 10.3. The molecule has 4 fully saturated rings. The van der Waals surface area contributed by atoms with Gasteiger partial charge in [0.1, 0.15) is 12.2 Å². The van der Waals surface area contributed by atoms with Gasteiger partial charge < -0.3 is 14.2 Å². The largest absolute Gasteiger partial charge is 0.457 e. The van der Waals surface area contributed by atoms with Crippen molar-refractivity contribution in [2.45, 2.75) is 45.2 Å². The van der Waals surface area contributed by atoms with E-state index in [0.717, 1.165) is 12.0 Å². The van der Waals surface area contributed by atoms with Gasteiger partial charge in [-0.15, -0.1) is 0 Å². The molecular formula is C17H18O5. The quantitative estimate of drug-likeness (QED) is 0.419. The topological polar surface area (TPSA) is 65.1 Å². The Bertz CT molecular complexity index is 706. The molecule has 5 aliphatic rings. The first-order valence-corrected chi connectivity index (χ1v) is 7.80. The molecule has 0 unspecified atom stereocenters. The van der Waals surface area contributed by atoms with Crippen molar-refractivity contribution in [2.75, 3.05) is 0 Å². The van der Waals surface area contributed by atoms with E-state index >= 15 is 0 Å². The first-order valence-electron chi connectivity index (χ1n) is 7.80. The van der Waals surface area contributed by atoms with Crippen LogP contribution in [0.5, 0.6) is 0 Å². The van der Waals surface area contributed by atoms with Gasteiger partial charge in [0.05, 0.1) is 5.57 Å². The number of hydrogen-bond acceptors (Lipinski definition) is 5. The minimum absolute atomic E-state index is 0.0141. The van der Waals surface area contributed by atoms with Crippen molar-refractivity contribution in [3.05, 3.63) is 23.3 Å². The van der Waals surface area contributed by atoms with E-state index in [1.54, 1.807) is 6.92 Å². The maximum absolute atomic E-state index is 12.1. The van der Waals surface area contributed by atoms with Gasteiger partial charge in [0.25, 0.3) is 5.79 Å². The molecule has 7 atom stereocenters. The Morgan fingerprint density at radius 1 is 1.45 bits per heavy atom. The lowest BCUT2D eigenvalue weighted by molar-refractivity contribution is -0.153. The fourth-order valence-corrected chi connectivity index (χ4v) is 5.52. The van der Waals surface area contributed by atoms with Gasteiger partial charge in [0, 0.05) is 23.8 Å². The van der Waals surface area contributed by atoms with Crippen molar-refractivity contribution in [3.63, 3.8) is 0 Å². The van der Waals surface area contributed by atoms with Crippen LogP contribution in [-0.2, 0) is 23.8 Å². The highest BCUT2D eigenvalue weighted by molar-refractivity contribution is 5.93. The van der Waals surface area contributed by atoms with Crippen molar-refractivity contribution >= 4 is 11.9 Å². The Morgan fingerprint density at radius 2 is 2.18 bits per heavy atom. The van der Waals surface area contributed by atoms with E-state index in [9.17, 15) is 9.59 Å². The van der Waals surface area contributed by atoms with E-state index in [2.05, 4.69) is 13.5 Å². The fourth-order valence-electron chi connectivity index (χ4n) is 5.52. The molecule has 0 N–H and O–H groups in total. The van der Waals surface area contributed by atoms with Gasteiger partial charge in [-0.2, -0.15) is 0 Å². The number of epoxide rings is 1. The molecule has 1 spiro atoms. The fraction of sp³-hybridized carbons (Fsp3) is 0.647. The lowest BCUT2D eigenvalue weighted by Gasteiger charge is -2.43. The van der Waals surface area contributed by atoms with Crippen LogP contribution < -0.4 is 0 Å². The average Bonchev–Trinajstić information content (AvgIpc) is 3.27. The number of fused-ring (bicyclic) bond motifs is 4. The minimum Gasteiger partial charge on any atom is -0.457 e. The lowest BCUT2D eigenvalue weighted by Crippen LogP contribution is -2.51. The average molecular weight is 302 g/mol. The van der Waals surface area contributed by atoms with E-state index < -0.39 is 11.9 Å². The second kappa shape index (κ2) is 3.32. The summed E-state index contributed by atoms with van der Waals surface area (Å²) in [7, 11) is 0. The summed E-state index contributed by atoms with van der Waals surface area (Å²) in [4.78, 5) is 23.7. The third-order valence-corrected chi connectivity index (χ3v) is 6.49. The molecule has 2 heterocycles. The van der Waals surface area contributed by atoms with E-state index in [-0.39, 0.29) is 29.4 Å². The second-order valence-corrected chi connectivity index (χ2v) is 7.49. The van der Waals surface area contributed by atoms with Gasteiger partial charge in [-0.3, -0.25) is 4.79 Å². The van der Waals surface area contributed by atoms with Crippen LogP contribution in [0.3, 0.4) is 0 Å². The molecule has 0 amide bonds. The second-order valence-electron chi connectivity index (χ2n) is 7.49. The predicted octanol–water partition coefficient (Wildman–Crippen LogP) is 1.73. The summed E-state index contributed by atoms with van der Waals surface area (Å²) in [5.74, 6) is -0.700. The highest BCUT2D eigenvalue weighted by atomic mass is 16.8. The summed E-state index contributed by atoms with van der Waals surface area (Å²) >= 11 is 0. The standard InChI is InChI=1S/C17H18O5/c1-6-9-5-10(9)16(4)11(6)13(20-8(3)18)12-7(2)14(19)21-17(12)15(16)22-17/h9-11,13,15H,1,5H2,2-4H3/t9-,10-,11-,13-,15+,16+,17-/m1/s1. The molecule has 0 aromatic rings. The van der Waals surface area contributed by atoms with Crippen LogP contribution in [0.25, 0.3) is 0 Å². The van der Waals surface area contributed by atoms with Crippen molar-refractivity contribution in [1.82, 2.24) is 0 Å². The zero-order valence-corrected chi connectivity index (χ0v) is 12.8. The zero-order valence-electron chi connectivity index (χ0n) is 12.8. The molecular weight excluding hydrogens is 284 g/mol. The van der Waals surface area contributed by atoms with Crippen molar-refractivity contribution in [1.29, 1.82) is 0 Å². The number of carbonyl (C=O) groups excluding carboxylic acids is 2. The van der Waals surface area contributed by atoms with Crippen LogP contribution in [0.1, 0.15) is 27.2 Å². The maximum atomic E-state index is 12.1. The minimum atomic E-state index is -0.982. The number of carbonyl (C=O) groups is 2. The van der Waals surface area contributed by atoms with Crippen LogP contribution >= 0.6 is 0 Å². The zero-order chi connectivity index (χ0) is 15.6. The van der Waals surface area contributed by atoms with Crippen LogP contribution in [0.2, 0.25) is 0 Å². The number of esters is 2. The van der Waals surface area contributed by atoms with Crippen molar-refractivity contribution in [3.8, 4) is 0 Å². The molecule has 0 aromatic carbocycles. The van der Waals surface area contributed by atoms with Crippen LogP contribution in [0, 0.1) is 23.2 Å². The van der Waals surface area contributed by atoms with Gasteiger partial charge in [-0.1, -0.05) is 19.1 Å². The van der Waals surface area contributed by atoms with E-state index in [0.29, 0.717) is 23.0 Å². The summed E-state index contributed by atoms with van der Waals surface area (Å²) in [6.07, 6.45) is 0.482. The predicted molar refractivity (Wildman–Crippen MR) is 74.3 cm³/mol. The lowest BCUT2D eigenvalue weighted by atomic mass is 9.61. The molecule has 5 nitrogen and oxygen atoms in total. The Kier molecular flexibility index (Phi) is 1.95. The molecule has 5 rings (SSSR count). The van der Waals surface area contributed by atoms with Gasteiger partial charge >= 0.3 is 11.9 Å². The Balaban J connectivity index is 1.71. The molecule has 2 aliphatic heterocycles. The first kappa shape index (κ1) is 12.9. The maximum Gasteiger partial charge on any atom is 0.336 e. The molecule has 1 saturated heterocycles. The Morgan fingerprint density at radius 3 is 2.86 bits per heavy atom. The molecule has 22 heavy (non-hydrogen) atoms. The highest BCUT2D eigenvalue weighted by Crippen LogP contribution is 2.78. The number of rotatable bonds is 1. The van der Waals surface area contributed by atoms with Crippen LogP contribution in [0.4, 0.5) is 0 Å². The summed E-state index contributed by atoms with van der Waals surface area (Å²) in [5, 5.41) is 0. The van der Waals surface area contributed by atoms with E-state index in [1.807, 2.05) is 0 Å². The van der Waals surface area contributed by atoms with Crippen LogP contribution in [0.15, 0.2) is 23.3 Å². The van der Waals surface area contributed by atoms with Gasteiger partial charge in [0.2, 0.25) is 0 Å². The van der Waals surface area contributed by atoms with Gasteiger partial charge in [-0.05, 0) is 25.2 Å². The monoisotopic (exact) mass is 302 g/mol. The third-order valence-electron chi connectivity index (χ3n) is 6.49. The SMILES string of the molecule is C=C1[C@H]2C[C@H]2[C@@]2(C)[C@H]1[C@@H](OC(C)=O)C1=C(C)C(=O)O[C@@]13O[C@H]32. The molecule has 0 radical (unpaired) electrons. The van der Waals surface area contributed by atoms with Crippen molar-refractivity contribution in [2.24, 2.45) is 23.2 Å². The Labute approximate surface area is 128 Å². The smallest absolute Gasteiger partial charge is 0.336 e. The van der Waals surface area contributed by atoms with Crippen LogP contribution in [-0.4, -0.2) is 29.9 Å². The van der Waals surface area contributed by atoms with E-state index in [4.69, 9.17) is 14.2 Å². The molecule has 116 valence electrons. The summed E-state index contributed by atoms with van der Waals surface area (Å²) in [6, 6.07) is 0. The molecule has 3 saturated carbocycles. The molecule has 0 bridgehead atoms. The normalized spacial score (nSPS) is 53.3. The van der Waals surface area contributed by atoms with Gasteiger partial charge in [0.15, 0.2) is 0 Å². The number of hydrogen-bond donors (Lipinski definition) is 0. The highest BCUT2D eigenvalue weighted by Gasteiger charge is 2.85. The molecule has 3 aliphatic carbocycles. The summed E-state index contributed by atoms with van der Waals surface area (Å²) in [6.45, 7) is 9.58. The summed E-state index contributed by atoms with van der Waals surface area (Å²) < 4.78 is 17.2.